The van der Waals surface area contributed by atoms with Gasteiger partial charge in [0.15, 0.2) is 0 Å². The van der Waals surface area contributed by atoms with E-state index in [2.05, 4.69) is 10.0 Å². The van der Waals surface area contributed by atoms with Crippen molar-refractivity contribution < 1.29 is 13.2 Å². The lowest BCUT2D eigenvalue weighted by atomic mass is 10.3. The highest BCUT2D eigenvalue weighted by atomic mass is 32.2. The van der Waals surface area contributed by atoms with Crippen molar-refractivity contribution in [3.8, 4) is 0 Å². The van der Waals surface area contributed by atoms with Crippen LogP contribution in [0.1, 0.15) is 13.8 Å². The third kappa shape index (κ3) is 4.29. The third-order valence-corrected chi connectivity index (χ3v) is 3.90. The second-order valence-electron chi connectivity index (χ2n) is 3.89. The summed E-state index contributed by atoms with van der Waals surface area (Å²) in [7, 11) is -1.67. The third-order valence-electron chi connectivity index (χ3n) is 2.47. The van der Waals surface area contributed by atoms with Crippen molar-refractivity contribution in [1.29, 1.82) is 0 Å². The van der Waals surface area contributed by atoms with Gasteiger partial charge < -0.3 is 10.1 Å². The number of anilines is 1. The van der Waals surface area contributed by atoms with Crippen molar-refractivity contribution in [2.75, 3.05) is 25.5 Å². The molecule has 0 aliphatic heterocycles. The molecule has 0 radical (unpaired) electrons. The largest absolute Gasteiger partial charge is 0.388 e. The smallest absolute Gasteiger partial charge is 0.240 e. The molecule has 0 amide bonds. The topological polar surface area (TPSA) is 67.4 Å². The van der Waals surface area contributed by atoms with Crippen LogP contribution in [0.2, 0.25) is 0 Å². The van der Waals surface area contributed by atoms with Crippen molar-refractivity contribution >= 4 is 15.7 Å². The molecule has 1 unspecified atom stereocenters. The van der Waals surface area contributed by atoms with Gasteiger partial charge in [0, 0.05) is 25.9 Å². The van der Waals surface area contributed by atoms with E-state index in [9.17, 15) is 8.42 Å². The van der Waals surface area contributed by atoms with E-state index in [1.54, 1.807) is 31.3 Å². The van der Waals surface area contributed by atoms with Crippen LogP contribution in [0.25, 0.3) is 0 Å². The van der Waals surface area contributed by atoms with Crippen LogP contribution >= 0.6 is 0 Å². The molecule has 0 spiro atoms. The summed E-state index contributed by atoms with van der Waals surface area (Å²) in [5.41, 5.74) is 0.872. The lowest BCUT2D eigenvalue weighted by molar-refractivity contribution is 0.0799. The minimum atomic E-state index is -3.46. The summed E-state index contributed by atoms with van der Waals surface area (Å²) in [5.74, 6) is 0. The first-order valence-electron chi connectivity index (χ1n) is 5.88. The molecule has 102 valence electrons. The Hall–Kier alpha value is -1.11. The minimum Gasteiger partial charge on any atom is -0.388 e. The zero-order valence-electron chi connectivity index (χ0n) is 10.9. The van der Waals surface area contributed by atoms with Gasteiger partial charge in [-0.1, -0.05) is 0 Å². The van der Waals surface area contributed by atoms with E-state index in [4.69, 9.17) is 4.74 Å². The number of ether oxygens (including phenoxy) is 1. The predicted octanol–water partition coefficient (Wildman–Crippen LogP) is 1.43. The molecule has 6 heteroatoms. The molecule has 2 N–H and O–H groups in total. The van der Waals surface area contributed by atoms with Crippen molar-refractivity contribution in [2.45, 2.75) is 24.8 Å². The molecular weight excluding hydrogens is 252 g/mol. The van der Waals surface area contributed by atoms with Gasteiger partial charge in [0.25, 0.3) is 0 Å². The molecule has 0 aliphatic carbocycles. The highest BCUT2D eigenvalue weighted by Gasteiger charge is 2.14. The zero-order valence-corrected chi connectivity index (χ0v) is 11.8. The van der Waals surface area contributed by atoms with Gasteiger partial charge in [0.05, 0.1) is 11.0 Å². The van der Waals surface area contributed by atoms with Crippen LogP contribution in [-0.2, 0) is 14.8 Å². The van der Waals surface area contributed by atoms with E-state index in [1.807, 2.05) is 13.8 Å². The Labute approximate surface area is 109 Å². The van der Waals surface area contributed by atoms with Crippen LogP contribution in [0, 0.1) is 0 Å². The molecule has 0 aromatic heterocycles. The summed E-state index contributed by atoms with van der Waals surface area (Å²) < 4.78 is 31.7. The van der Waals surface area contributed by atoms with E-state index in [-0.39, 0.29) is 17.5 Å². The number of hydrogen-bond donors (Lipinski definition) is 2. The molecule has 0 bridgehead atoms. The van der Waals surface area contributed by atoms with Crippen LogP contribution in [0.4, 0.5) is 5.69 Å². The maximum atomic E-state index is 12.0. The molecule has 1 rings (SSSR count). The Bertz CT molecular complexity index is 457. The Morgan fingerprint density at radius 1 is 1.28 bits per heavy atom. The molecule has 0 aliphatic rings. The number of nitrogens with one attached hydrogen (secondary N) is 2. The van der Waals surface area contributed by atoms with Gasteiger partial charge in [0.1, 0.15) is 0 Å². The molecule has 1 aromatic carbocycles. The Balaban J connectivity index is 2.67. The summed E-state index contributed by atoms with van der Waals surface area (Å²) in [6.07, 6.45) is -0.138. The van der Waals surface area contributed by atoms with E-state index < -0.39 is 10.0 Å². The normalized spacial score (nSPS) is 13.3. The van der Waals surface area contributed by atoms with Crippen LogP contribution in [-0.4, -0.2) is 34.7 Å². The summed E-state index contributed by atoms with van der Waals surface area (Å²) in [5, 5.41) is 2.94. The molecule has 1 aromatic rings. The van der Waals surface area contributed by atoms with E-state index in [0.717, 1.165) is 5.69 Å². The average Bonchev–Trinajstić information content (AvgIpc) is 2.37. The number of benzene rings is 1. The van der Waals surface area contributed by atoms with Gasteiger partial charge >= 0.3 is 0 Å². The maximum Gasteiger partial charge on any atom is 0.240 e. The fourth-order valence-corrected chi connectivity index (χ4v) is 2.57. The Morgan fingerprint density at radius 3 is 2.39 bits per heavy atom. The molecule has 0 heterocycles. The molecule has 1 atom stereocenters. The Morgan fingerprint density at radius 2 is 1.89 bits per heavy atom. The summed E-state index contributed by atoms with van der Waals surface area (Å²) in [4.78, 5) is 0.255. The average molecular weight is 272 g/mol. The van der Waals surface area contributed by atoms with Crippen molar-refractivity contribution in [2.24, 2.45) is 0 Å². The number of hydrogen-bond acceptors (Lipinski definition) is 4. The molecular formula is C12H20N2O3S. The van der Waals surface area contributed by atoms with Gasteiger partial charge in [-0.3, -0.25) is 0 Å². The molecule has 0 fully saturated rings. The van der Waals surface area contributed by atoms with Crippen molar-refractivity contribution in [3.63, 3.8) is 0 Å². The van der Waals surface area contributed by atoms with Crippen molar-refractivity contribution in [3.05, 3.63) is 24.3 Å². The minimum absolute atomic E-state index is 0.138. The van der Waals surface area contributed by atoms with Crippen LogP contribution in [0.3, 0.4) is 0 Å². The van der Waals surface area contributed by atoms with Gasteiger partial charge in [-0.25, -0.2) is 13.1 Å². The van der Waals surface area contributed by atoms with Crippen LogP contribution in [0.5, 0.6) is 0 Å². The van der Waals surface area contributed by atoms with Gasteiger partial charge in [-0.15, -0.1) is 0 Å². The fourth-order valence-electron chi connectivity index (χ4n) is 1.45. The lowest BCUT2D eigenvalue weighted by Crippen LogP contribution is -2.32. The lowest BCUT2D eigenvalue weighted by Gasteiger charge is -2.13. The first-order chi connectivity index (χ1) is 8.49. The van der Waals surface area contributed by atoms with Gasteiger partial charge in [-0.05, 0) is 38.1 Å². The number of rotatable bonds is 7. The highest BCUT2D eigenvalue weighted by molar-refractivity contribution is 7.89. The Kier molecular flexibility index (Phi) is 5.58. The summed E-state index contributed by atoms with van der Waals surface area (Å²) in [6, 6.07) is 6.58. The summed E-state index contributed by atoms with van der Waals surface area (Å²) >= 11 is 0. The number of sulfonamides is 1. The van der Waals surface area contributed by atoms with Crippen LogP contribution < -0.4 is 10.0 Å². The van der Waals surface area contributed by atoms with Gasteiger partial charge in [0.2, 0.25) is 10.0 Å². The first kappa shape index (κ1) is 14.9. The highest BCUT2D eigenvalue weighted by Crippen LogP contribution is 2.13. The van der Waals surface area contributed by atoms with Crippen molar-refractivity contribution in [1.82, 2.24) is 4.72 Å². The maximum absolute atomic E-state index is 12.0. The SMILES string of the molecule is CCOC(C)CNS(=O)(=O)c1ccc(NC)cc1. The standard InChI is InChI=1S/C12H20N2O3S/c1-4-17-10(2)9-14-18(15,16)12-7-5-11(13-3)6-8-12/h5-8,10,13-14H,4,9H2,1-3H3. The van der Waals surface area contributed by atoms with E-state index in [1.165, 1.54) is 0 Å². The zero-order chi connectivity index (χ0) is 13.6. The molecule has 0 saturated heterocycles. The second kappa shape index (κ2) is 6.72. The quantitative estimate of drug-likeness (QED) is 0.788. The van der Waals surface area contributed by atoms with Gasteiger partial charge in [-0.2, -0.15) is 0 Å². The first-order valence-corrected chi connectivity index (χ1v) is 7.37. The second-order valence-corrected chi connectivity index (χ2v) is 5.66. The molecule has 18 heavy (non-hydrogen) atoms. The predicted molar refractivity (Wildman–Crippen MR) is 72.3 cm³/mol. The molecule has 5 nitrogen and oxygen atoms in total. The fraction of sp³-hybridized carbons (Fsp3) is 0.500. The van der Waals surface area contributed by atoms with E-state index >= 15 is 0 Å². The summed E-state index contributed by atoms with van der Waals surface area (Å²) in [6.45, 7) is 4.54. The monoisotopic (exact) mass is 272 g/mol. The van der Waals surface area contributed by atoms with E-state index in [0.29, 0.717) is 6.61 Å². The molecule has 0 saturated carbocycles. The van der Waals surface area contributed by atoms with Crippen LogP contribution in [0.15, 0.2) is 29.2 Å².